The zero-order valence-electron chi connectivity index (χ0n) is 12.1. The molecule has 4 atom stereocenters. The van der Waals surface area contributed by atoms with E-state index in [9.17, 15) is 4.79 Å². The molecule has 0 bridgehead atoms. The van der Waals surface area contributed by atoms with Crippen molar-refractivity contribution < 1.29 is 4.79 Å². The second-order valence-corrected chi connectivity index (χ2v) is 6.45. The van der Waals surface area contributed by atoms with Crippen LogP contribution >= 0.6 is 0 Å². The van der Waals surface area contributed by atoms with Crippen molar-refractivity contribution in [2.24, 2.45) is 11.8 Å². The molecule has 2 rings (SSSR count). The Morgan fingerprint density at radius 1 is 1.17 bits per heavy atom. The van der Waals surface area contributed by atoms with Gasteiger partial charge in [0.25, 0.3) is 0 Å². The van der Waals surface area contributed by atoms with Crippen LogP contribution in [0.5, 0.6) is 0 Å². The van der Waals surface area contributed by atoms with Gasteiger partial charge in [0.15, 0.2) is 0 Å². The van der Waals surface area contributed by atoms with E-state index < -0.39 is 0 Å². The molecule has 1 saturated heterocycles. The molecule has 0 aromatic carbocycles. The van der Waals surface area contributed by atoms with Gasteiger partial charge in [-0.15, -0.1) is 0 Å². The van der Waals surface area contributed by atoms with Crippen LogP contribution in [0.15, 0.2) is 0 Å². The van der Waals surface area contributed by atoms with Gasteiger partial charge in [0.2, 0.25) is 5.91 Å². The maximum atomic E-state index is 12.5. The van der Waals surface area contributed by atoms with Crippen LogP contribution in [-0.4, -0.2) is 36.5 Å². The van der Waals surface area contributed by atoms with Crippen molar-refractivity contribution in [1.29, 1.82) is 0 Å². The van der Waals surface area contributed by atoms with Gasteiger partial charge in [0.05, 0.1) is 0 Å². The Bertz CT molecular complexity index is 292. The normalized spacial score (nSPS) is 37.3. The lowest BCUT2D eigenvalue weighted by molar-refractivity contribution is -0.138. The number of nitrogens with one attached hydrogen (secondary N) is 1. The van der Waals surface area contributed by atoms with Crippen molar-refractivity contribution in [3.05, 3.63) is 0 Å². The molecule has 2 aliphatic rings. The molecule has 1 amide bonds. The molecule has 1 heterocycles. The van der Waals surface area contributed by atoms with Gasteiger partial charge in [-0.1, -0.05) is 19.8 Å². The smallest absolute Gasteiger partial charge is 0.225 e. The molecule has 3 nitrogen and oxygen atoms in total. The Labute approximate surface area is 111 Å². The van der Waals surface area contributed by atoms with Crippen LogP contribution in [-0.2, 0) is 4.79 Å². The highest BCUT2D eigenvalue weighted by Crippen LogP contribution is 2.28. The molecule has 1 N–H and O–H groups in total. The van der Waals surface area contributed by atoms with Crippen LogP contribution < -0.4 is 5.32 Å². The first-order valence-corrected chi connectivity index (χ1v) is 7.58. The molecule has 0 radical (unpaired) electrons. The molecule has 1 saturated carbocycles. The first kappa shape index (κ1) is 13.9. The topological polar surface area (TPSA) is 32.3 Å². The standard InChI is InChI=1S/C15H28N2O/c1-11-5-4-6-14(9-11)17(3)15(18)13-7-8-16-12(2)10-13/h11-14,16H,4-10H2,1-3H3. The van der Waals surface area contributed by atoms with Gasteiger partial charge < -0.3 is 10.2 Å². The van der Waals surface area contributed by atoms with Crippen molar-refractivity contribution in [3.63, 3.8) is 0 Å². The average Bonchev–Trinajstić information content (AvgIpc) is 2.37. The predicted octanol–water partition coefficient (Wildman–Crippen LogP) is 2.41. The summed E-state index contributed by atoms with van der Waals surface area (Å²) in [6.45, 7) is 5.49. The van der Waals surface area contributed by atoms with Crippen LogP contribution in [0.2, 0.25) is 0 Å². The van der Waals surface area contributed by atoms with Crippen molar-refractivity contribution >= 4 is 5.91 Å². The Kier molecular flexibility index (Phi) is 4.66. The molecule has 2 fully saturated rings. The van der Waals surface area contributed by atoms with E-state index in [0.717, 1.165) is 25.3 Å². The minimum Gasteiger partial charge on any atom is -0.343 e. The lowest BCUT2D eigenvalue weighted by atomic mass is 9.85. The zero-order chi connectivity index (χ0) is 13.1. The number of nitrogens with zero attached hydrogens (tertiary/aromatic N) is 1. The van der Waals surface area contributed by atoms with Crippen LogP contribution in [0.3, 0.4) is 0 Å². The Hall–Kier alpha value is -0.570. The Balaban J connectivity index is 1.91. The third kappa shape index (κ3) is 3.25. The third-order valence-corrected chi connectivity index (χ3v) is 4.78. The molecule has 0 aromatic rings. The summed E-state index contributed by atoms with van der Waals surface area (Å²) in [6, 6.07) is 0.984. The van der Waals surface area contributed by atoms with E-state index in [4.69, 9.17) is 0 Å². The lowest BCUT2D eigenvalue weighted by Gasteiger charge is -2.37. The second-order valence-electron chi connectivity index (χ2n) is 6.45. The lowest BCUT2D eigenvalue weighted by Crippen LogP contribution is -2.47. The monoisotopic (exact) mass is 252 g/mol. The van der Waals surface area contributed by atoms with E-state index in [-0.39, 0.29) is 5.92 Å². The summed E-state index contributed by atoms with van der Waals surface area (Å²) in [7, 11) is 2.03. The van der Waals surface area contributed by atoms with Crippen LogP contribution in [0.25, 0.3) is 0 Å². The van der Waals surface area contributed by atoms with Gasteiger partial charge in [-0.2, -0.15) is 0 Å². The SMILES string of the molecule is CC1CCCC(N(C)C(=O)C2CCNC(C)C2)C1. The van der Waals surface area contributed by atoms with Crippen LogP contribution in [0.4, 0.5) is 0 Å². The molecule has 1 aliphatic heterocycles. The van der Waals surface area contributed by atoms with Gasteiger partial charge in [-0.3, -0.25) is 4.79 Å². The van der Waals surface area contributed by atoms with Gasteiger partial charge in [0.1, 0.15) is 0 Å². The highest BCUT2D eigenvalue weighted by Gasteiger charge is 2.31. The molecule has 18 heavy (non-hydrogen) atoms. The summed E-state index contributed by atoms with van der Waals surface area (Å²) < 4.78 is 0. The number of rotatable bonds is 2. The molecule has 1 aliphatic carbocycles. The van der Waals surface area contributed by atoms with E-state index in [1.165, 1.54) is 25.7 Å². The molecular weight excluding hydrogens is 224 g/mol. The Morgan fingerprint density at radius 2 is 1.94 bits per heavy atom. The van der Waals surface area contributed by atoms with Gasteiger partial charge in [0, 0.05) is 25.0 Å². The summed E-state index contributed by atoms with van der Waals surface area (Å²) in [4.78, 5) is 14.6. The average molecular weight is 252 g/mol. The van der Waals surface area contributed by atoms with Crippen molar-refractivity contribution in [3.8, 4) is 0 Å². The second kappa shape index (κ2) is 6.05. The Morgan fingerprint density at radius 3 is 2.61 bits per heavy atom. The first-order valence-electron chi connectivity index (χ1n) is 7.58. The van der Waals surface area contributed by atoms with Crippen LogP contribution in [0.1, 0.15) is 52.4 Å². The number of hydrogen-bond donors (Lipinski definition) is 1. The molecule has 104 valence electrons. The number of amides is 1. The summed E-state index contributed by atoms with van der Waals surface area (Å²) in [5, 5.41) is 3.42. The number of carbonyl (C=O) groups excluding carboxylic acids is 1. The van der Waals surface area contributed by atoms with Gasteiger partial charge in [-0.05, 0) is 45.1 Å². The fourth-order valence-electron chi connectivity index (χ4n) is 3.58. The fraction of sp³-hybridized carbons (Fsp3) is 0.933. The van der Waals surface area contributed by atoms with Gasteiger partial charge >= 0.3 is 0 Å². The maximum Gasteiger partial charge on any atom is 0.225 e. The van der Waals surface area contributed by atoms with Gasteiger partial charge in [-0.25, -0.2) is 0 Å². The summed E-state index contributed by atoms with van der Waals surface area (Å²) >= 11 is 0. The highest BCUT2D eigenvalue weighted by molar-refractivity contribution is 5.79. The zero-order valence-corrected chi connectivity index (χ0v) is 12.1. The first-order chi connectivity index (χ1) is 8.58. The van der Waals surface area contributed by atoms with Crippen molar-refractivity contribution in [2.75, 3.05) is 13.6 Å². The highest BCUT2D eigenvalue weighted by atomic mass is 16.2. The fourth-order valence-corrected chi connectivity index (χ4v) is 3.58. The molecule has 0 spiro atoms. The number of hydrogen-bond acceptors (Lipinski definition) is 2. The van der Waals surface area contributed by atoms with Crippen molar-refractivity contribution in [2.45, 2.75) is 64.5 Å². The molecule has 0 aromatic heterocycles. The van der Waals surface area contributed by atoms with E-state index >= 15 is 0 Å². The van der Waals surface area contributed by atoms with E-state index in [1.54, 1.807) is 0 Å². The quantitative estimate of drug-likeness (QED) is 0.818. The molecular formula is C15H28N2O. The molecule has 4 unspecified atom stereocenters. The minimum atomic E-state index is 0.253. The van der Waals surface area contributed by atoms with E-state index in [0.29, 0.717) is 18.0 Å². The summed E-state index contributed by atoms with van der Waals surface area (Å²) in [6.07, 6.45) is 7.03. The van der Waals surface area contributed by atoms with E-state index in [1.807, 2.05) is 7.05 Å². The third-order valence-electron chi connectivity index (χ3n) is 4.78. The maximum absolute atomic E-state index is 12.5. The largest absolute Gasteiger partial charge is 0.343 e. The van der Waals surface area contributed by atoms with E-state index in [2.05, 4.69) is 24.1 Å². The van der Waals surface area contributed by atoms with Crippen molar-refractivity contribution in [1.82, 2.24) is 10.2 Å². The number of carbonyl (C=O) groups is 1. The summed E-state index contributed by atoms with van der Waals surface area (Å²) in [5.74, 6) is 1.43. The minimum absolute atomic E-state index is 0.253. The molecule has 3 heteroatoms. The van der Waals surface area contributed by atoms with Crippen LogP contribution in [0, 0.1) is 11.8 Å². The predicted molar refractivity (Wildman–Crippen MR) is 74.4 cm³/mol. The summed E-state index contributed by atoms with van der Waals surface area (Å²) in [5.41, 5.74) is 0. The number of piperidine rings is 1.